The zero-order chi connectivity index (χ0) is 20.7. The summed E-state index contributed by atoms with van der Waals surface area (Å²) in [7, 11) is 3.10. The number of benzene rings is 1. The van der Waals surface area contributed by atoms with E-state index in [2.05, 4.69) is 6.58 Å². The van der Waals surface area contributed by atoms with Crippen LogP contribution in [0.15, 0.2) is 59.5 Å². The summed E-state index contributed by atoms with van der Waals surface area (Å²) in [5.41, 5.74) is 1.54. The Hall–Kier alpha value is -3.28. The molecule has 1 aromatic carbocycles. The van der Waals surface area contributed by atoms with E-state index in [1.165, 1.54) is 10.6 Å². The van der Waals surface area contributed by atoms with E-state index in [0.29, 0.717) is 30.2 Å². The summed E-state index contributed by atoms with van der Waals surface area (Å²) in [6, 6.07) is 10.1. The van der Waals surface area contributed by atoms with Crippen molar-refractivity contribution in [2.24, 2.45) is 0 Å². The van der Waals surface area contributed by atoms with Crippen LogP contribution < -0.4 is 15.0 Å². The van der Waals surface area contributed by atoms with Gasteiger partial charge in [0.2, 0.25) is 0 Å². The molecule has 0 saturated carbocycles. The molecule has 0 bridgehead atoms. The number of amides is 1. The number of carbonyl (C=O) groups is 1. The number of likely N-dealkylation sites (N-methyl/N-ethyl adjacent to an activating group) is 1. The Morgan fingerprint density at radius 2 is 1.89 bits per heavy atom. The predicted molar refractivity (Wildman–Crippen MR) is 111 cm³/mol. The lowest BCUT2D eigenvalue weighted by molar-refractivity contribution is -0.124. The van der Waals surface area contributed by atoms with Crippen molar-refractivity contribution in [1.82, 2.24) is 9.47 Å². The van der Waals surface area contributed by atoms with Crippen molar-refractivity contribution < 1.29 is 14.3 Å². The number of hydrogen-bond acceptors (Lipinski definition) is 4. The molecule has 0 unspecified atom stereocenters. The summed E-state index contributed by atoms with van der Waals surface area (Å²) in [5.74, 6) is 0.869. The number of ether oxygens (including phenoxy) is 2. The summed E-state index contributed by atoms with van der Waals surface area (Å²) in [5, 5.41) is 0. The first-order chi connectivity index (χ1) is 13.4. The van der Waals surface area contributed by atoms with Crippen LogP contribution in [0.1, 0.15) is 19.4 Å². The van der Waals surface area contributed by atoms with Crippen LogP contribution in [0, 0.1) is 0 Å². The number of methoxy groups -OCH3 is 2. The number of carbonyl (C=O) groups excluding carboxylic acids is 1. The third-order valence-corrected chi connectivity index (χ3v) is 4.14. The summed E-state index contributed by atoms with van der Waals surface area (Å²) in [6.45, 7) is 8.56. The van der Waals surface area contributed by atoms with Gasteiger partial charge in [0.15, 0.2) is 11.5 Å². The SMILES string of the molecule is C=C(C)CN(CC)C(=O)C(=Cc1ccc(OC)c(OC)c1)n1ccccc1=O. The first-order valence-electron chi connectivity index (χ1n) is 8.96. The van der Waals surface area contributed by atoms with Crippen molar-refractivity contribution in [2.75, 3.05) is 27.3 Å². The topological polar surface area (TPSA) is 60.8 Å². The minimum absolute atomic E-state index is 0.251. The highest BCUT2D eigenvalue weighted by Crippen LogP contribution is 2.29. The molecule has 28 heavy (non-hydrogen) atoms. The lowest BCUT2D eigenvalue weighted by atomic mass is 10.1. The van der Waals surface area contributed by atoms with Gasteiger partial charge in [0, 0.05) is 25.4 Å². The molecule has 0 saturated heterocycles. The Labute approximate surface area is 165 Å². The number of nitrogens with zero attached hydrogens (tertiary/aromatic N) is 2. The van der Waals surface area contributed by atoms with Gasteiger partial charge in [-0.25, -0.2) is 0 Å². The fourth-order valence-corrected chi connectivity index (χ4v) is 2.78. The van der Waals surface area contributed by atoms with Gasteiger partial charge in [-0.05, 0) is 43.7 Å². The van der Waals surface area contributed by atoms with Crippen molar-refractivity contribution in [1.29, 1.82) is 0 Å². The van der Waals surface area contributed by atoms with Crippen LogP contribution in [0.25, 0.3) is 11.8 Å². The molecular formula is C22H26N2O4. The molecule has 6 nitrogen and oxygen atoms in total. The molecule has 2 rings (SSSR count). The second-order valence-electron chi connectivity index (χ2n) is 6.33. The zero-order valence-electron chi connectivity index (χ0n) is 16.8. The minimum Gasteiger partial charge on any atom is -0.493 e. The van der Waals surface area contributed by atoms with E-state index in [4.69, 9.17) is 9.47 Å². The number of pyridine rings is 1. The van der Waals surface area contributed by atoms with Crippen molar-refractivity contribution in [3.8, 4) is 11.5 Å². The Morgan fingerprint density at radius 1 is 1.18 bits per heavy atom. The minimum atomic E-state index is -0.283. The Balaban J connectivity index is 2.60. The molecule has 0 spiro atoms. The maximum absolute atomic E-state index is 13.2. The molecule has 0 atom stereocenters. The fraction of sp³-hybridized carbons (Fsp3) is 0.273. The van der Waals surface area contributed by atoms with E-state index in [1.807, 2.05) is 13.8 Å². The molecule has 1 heterocycles. The Bertz CT molecular complexity index is 944. The second-order valence-corrected chi connectivity index (χ2v) is 6.33. The molecule has 148 valence electrons. The molecular weight excluding hydrogens is 356 g/mol. The largest absolute Gasteiger partial charge is 0.493 e. The van der Waals surface area contributed by atoms with Gasteiger partial charge in [-0.3, -0.25) is 14.2 Å². The molecule has 2 aromatic rings. The van der Waals surface area contributed by atoms with E-state index in [9.17, 15) is 9.59 Å². The van der Waals surface area contributed by atoms with Gasteiger partial charge in [0.25, 0.3) is 11.5 Å². The number of hydrogen-bond donors (Lipinski definition) is 0. The van der Waals surface area contributed by atoms with Crippen LogP contribution in [-0.2, 0) is 4.79 Å². The van der Waals surface area contributed by atoms with E-state index in [-0.39, 0.29) is 17.2 Å². The van der Waals surface area contributed by atoms with Crippen LogP contribution in [-0.4, -0.2) is 42.7 Å². The first kappa shape index (κ1) is 21.0. The maximum atomic E-state index is 13.2. The molecule has 0 aliphatic carbocycles. The van der Waals surface area contributed by atoms with Gasteiger partial charge in [-0.2, -0.15) is 0 Å². The smallest absolute Gasteiger partial charge is 0.271 e. The van der Waals surface area contributed by atoms with Crippen molar-refractivity contribution in [3.63, 3.8) is 0 Å². The monoisotopic (exact) mass is 382 g/mol. The first-order valence-corrected chi connectivity index (χ1v) is 8.96. The third kappa shape index (κ3) is 4.91. The van der Waals surface area contributed by atoms with Crippen LogP contribution >= 0.6 is 0 Å². The van der Waals surface area contributed by atoms with Gasteiger partial charge in [-0.15, -0.1) is 0 Å². The molecule has 0 aliphatic rings. The number of rotatable bonds is 8. The summed E-state index contributed by atoms with van der Waals surface area (Å²) in [4.78, 5) is 27.3. The summed E-state index contributed by atoms with van der Waals surface area (Å²) < 4.78 is 11.9. The third-order valence-electron chi connectivity index (χ3n) is 4.14. The zero-order valence-corrected chi connectivity index (χ0v) is 16.8. The molecule has 1 aromatic heterocycles. The van der Waals surface area contributed by atoms with Crippen LogP contribution in [0.5, 0.6) is 11.5 Å². The van der Waals surface area contributed by atoms with E-state index in [0.717, 1.165) is 5.57 Å². The molecule has 0 aliphatic heterocycles. The van der Waals surface area contributed by atoms with Crippen molar-refractivity contribution >= 4 is 17.7 Å². The van der Waals surface area contributed by atoms with Crippen LogP contribution in [0.2, 0.25) is 0 Å². The molecule has 0 fully saturated rings. The van der Waals surface area contributed by atoms with Gasteiger partial charge in [0.05, 0.1) is 14.2 Å². The predicted octanol–water partition coefficient (Wildman–Crippen LogP) is 3.29. The summed E-state index contributed by atoms with van der Waals surface area (Å²) in [6.07, 6.45) is 3.26. The van der Waals surface area contributed by atoms with Gasteiger partial charge in [-0.1, -0.05) is 24.3 Å². The highest BCUT2D eigenvalue weighted by atomic mass is 16.5. The number of aromatic nitrogens is 1. The van der Waals surface area contributed by atoms with Crippen molar-refractivity contribution in [2.45, 2.75) is 13.8 Å². The average Bonchev–Trinajstić information content (AvgIpc) is 2.70. The van der Waals surface area contributed by atoms with E-state index < -0.39 is 0 Å². The fourth-order valence-electron chi connectivity index (χ4n) is 2.78. The molecule has 0 radical (unpaired) electrons. The lowest BCUT2D eigenvalue weighted by Crippen LogP contribution is -2.36. The van der Waals surface area contributed by atoms with E-state index in [1.54, 1.807) is 61.7 Å². The highest BCUT2D eigenvalue weighted by Gasteiger charge is 2.20. The second kappa shape index (κ2) is 9.60. The van der Waals surface area contributed by atoms with Crippen molar-refractivity contribution in [3.05, 3.63) is 70.7 Å². The van der Waals surface area contributed by atoms with Crippen LogP contribution in [0.4, 0.5) is 0 Å². The maximum Gasteiger partial charge on any atom is 0.271 e. The van der Waals surface area contributed by atoms with Crippen LogP contribution in [0.3, 0.4) is 0 Å². The molecule has 0 N–H and O–H groups in total. The van der Waals surface area contributed by atoms with Gasteiger partial charge >= 0.3 is 0 Å². The Morgan fingerprint density at radius 3 is 2.46 bits per heavy atom. The highest BCUT2D eigenvalue weighted by molar-refractivity contribution is 6.18. The van der Waals surface area contributed by atoms with Gasteiger partial charge in [0.1, 0.15) is 5.70 Å². The van der Waals surface area contributed by atoms with E-state index >= 15 is 0 Å². The molecule has 1 amide bonds. The lowest BCUT2D eigenvalue weighted by Gasteiger charge is -2.23. The standard InChI is InChI=1S/C22H26N2O4/c1-6-23(15-16(2)3)22(26)18(24-12-8-7-9-21(24)25)13-17-10-11-19(27-4)20(14-17)28-5/h7-14H,2,6,15H2,1,3-5H3. The Kier molecular flexibility index (Phi) is 7.21. The average molecular weight is 382 g/mol. The normalized spacial score (nSPS) is 11.1. The quantitative estimate of drug-likeness (QED) is 0.519. The van der Waals surface area contributed by atoms with Gasteiger partial charge < -0.3 is 14.4 Å². The molecule has 6 heteroatoms. The summed E-state index contributed by atoms with van der Waals surface area (Å²) >= 11 is 0.